The Balaban J connectivity index is 1.77. The van der Waals surface area contributed by atoms with Crippen molar-refractivity contribution in [1.29, 1.82) is 0 Å². The second-order valence-electron chi connectivity index (χ2n) is 5.50. The number of aromatic nitrogens is 3. The van der Waals surface area contributed by atoms with E-state index < -0.39 is 10.5 Å². The zero-order valence-electron chi connectivity index (χ0n) is 11.5. The summed E-state index contributed by atoms with van der Waals surface area (Å²) >= 11 is 0. The van der Waals surface area contributed by atoms with Gasteiger partial charge in [-0.1, -0.05) is 28.9 Å². The molecule has 2 aromatic heterocycles. The van der Waals surface area contributed by atoms with E-state index in [1.165, 1.54) is 10.7 Å². The van der Waals surface area contributed by atoms with Crippen LogP contribution in [0.25, 0.3) is 5.65 Å². The fraction of sp³-hybridized carbons (Fsp3) is 0.538. The number of rotatable bonds is 4. The predicted octanol–water partition coefficient (Wildman–Crippen LogP) is 1.74. The van der Waals surface area contributed by atoms with Crippen LogP contribution >= 0.6 is 0 Å². The summed E-state index contributed by atoms with van der Waals surface area (Å²) in [5.41, 5.74) is -0.293. The molecule has 2 aromatic rings. The monoisotopic (exact) mass is 291 g/mol. The van der Waals surface area contributed by atoms with Gasteiger partial charge in [0.25, 0.3) is 0 Å². The Kier molecular flexibility index (Phi) is 3.46. The Labute approximate surface area is 121 Å². The smallest absolute Gasteiger partial charge is 0.368 e. The molecule has 1 fully saturated rings. The maximum Gasteiger partial charge on any atom is 0.368 e. The third-order valence-corrected chi connectivity index (χ3v) is 3.91. The standard InChI is InChI=1S/C13H17N5O3/c19-13(6-2-1-3-7-13)9-15-10-4-5-11-14-8-12(18(20)21)17(11)16-10/h4-5,8,19H,1-3,6-7,9H2,(H,15,16). The van der Waals surface area contributed by atoms with Crippen molar-refractivity contribution in [2.45, 2.75) is 37.7 Å². The highest BCUT2D eigenvalue weighted by Crippen LogP contribution is 2.28. The molecule has 0 radical (unpaired) electrons. The van der Waals surface area contributed by atoms with Crippen molar-refractivity contribution in [3.05, 3.63) is 28.4 Å². The number of fused-ring (bicyclic) bond motifs is 1. The zero-order valence-corrected chi connectivity index (χ0v) is 11.5. The molecule has 1 aliphatic rings. The van der Waals surface area contributed by atoms with E-state index in [0.29, 0.717) is 18.0 Å². The van der Waals surface area contributed by atoms with Crippen molar-refractivity contribution in [2.24, 2.45) is 0 Å². The second-order valence-corrected chi connectivity index (χ2v) is 5.50. The number of nitrogens with zero attached hydrogens (tertiary/aromatic N) is 4. The fourth-order valence-electron chi connectivity index (χ4n) is 2.72. The molecule has 1 saturated carbocycles. The molecule has 0 bridgehead atoms. The van der Waals surface area contributed by atoms with E-state index in [4.69, 9.17) is 0 Å². The quantitative estimate of drug-likeness (QED) is 0.656. The Morgan fingerprint density at radius 1 is 1.38 bits per heavy atom. The maximum atomic E-state index is 10.9. The highest BCUT2D eigenvalue weighted by molar-refractivity contribution is 5.48. The van der Waals surface area contributed by atoms with Crippen LogP contribution in [0.3, 0.4) is 0 Å². The van der Waals surface area contributed by atoms with Crippen LogP contribution in [0.1, 0.15) is 32.1 Å². The van der Waals surface area contributed by atoms with Crippen molar-refractivity contribution >= 4 is 17.3 Å². The van der Waals surface area contributed by atoms with Gasteiger partial charge in [0.05, 0.1) is 5.60 Å². The van der Waals surface area contributed by atoms with Gasteiger partial charge in [0.2, 0.25) is 5.65 Å². The van der Waals surface area contributed by atoms with Crippen molar-refractivity contribution < 1.29 is 10.0 Å². The lowest BCUT2D eigenvalue weighted by atomic mass is 9.85. The van der Waals surface area contributed by atoms with Gasteiger partial charge in [-0.2, -0.15) is 0 Å². The minimum atomic E-state index is -0.713. The Bertz CT molecular complexity index is 663. The minimum absolute atomic E-state index is 0.176. The summed E-state index contributed by atoms with van der Waals surface area (Å²) in [6.07, 6.45) is 5.94. The molecule has 3 rings (SSSR count). The van der Waals surface area contributed by atoms with Gasteiger partial charge >= 0.3 is 5.82 Å². The molecule has 2 N–H and O–H groups in total. The molecular formula is C13H17N5O3. The summed E-state index contributed by atoms with van der Waals surface area (Å²) in [6.45, 7) is 0.397. The molecule has 0 aliphatic heterocycles. The van der Waals surface area contributed by atoms with Crippen LogP contribution in [-0.4, -0.2) is 36.8 Å². The summed E-state index contributed by atoms with van der Waals surface area (Å²) in [4.78, 5) is 14.3. The van der Waals surface area contributed by atoms with Gasteiger partial charge < -0.3 is 20.5 Å². The van der Waals surface area contributed by atoms with Crippen LogP contribution in [0.15, 0.2) is 18.3 Å². The topological polar surface area (TPSA) is 106 Å². The van der Waals surface area contributed by atoms with Crippen LogP contribution in [0.4, 0.5) is 11.6 Å². The van der Waals surface area contributed by atoms with E-state index in [1.54, 1.807) is 12.1 Å². The number of aliphatic hydroxyl groups is 1. The fourth-order valence-corrected chi connectivity index (χ4v) is 2.72. The van der Waals surface area contributed by atoms with E-state index in [-0.39, 0.29) is 5.82 Å². The van der Waals surface area contributed by atoms with E-state index in [9.17, 15) is 15.2 Å². The van der Waals surface area contributed by atoms with E-state index in [0.717, 1.165) is 32.1 Å². The molecule has 8 nitrogen and oxygen atoms in total. The zero-order chi connectivity index (χ0) is 14.9. The summed E-state index contributed by atoms with van der Waals surface area (Å²) in [6, 6.07) is 3.37. The van der Waals surface area contributed by atoms with Crippen molar-refractivity contribution in [1.82, 2.24) is 14.6 Å². The van der Waals surface area contributed by atoms with Gasteiger partial charge in [0.1, 0.15) is 6.20 Å². The minimum Gasteiger partial charge on any atom is -0.388 e. The molecule has 1 aliphatic carbocycles. The van der Waals surface area contributed by atoms with Crippen LogP contribution < -0.4 is 5.32 Å². The Morgan fingerprint density at radius 3 is 2.86 bits per heavy atom. The normalized spacial score (nSPS) is 17.8. The maximum absolute atomic E-state index is 10.9. The van der Waals surface area contributed by atoms with Crippen LogP contribution in [0, 0.1) is 10.1 Å². The lowest BCUT2D eigenvalue weighted by molar-refractivity contribution is -0.391. The van der Waals surface area contributed by atoms with E-state index >= 15 is 0 Å². The first-order chi connectivity index (χ1) is 10.1. The Hall–Kier alpha value is -2.22. The molecule has 0 amide bonds. The lowest BCUT2D eigenvalue weighted by Crippen LogP contribution is -2.39. The van der Waals surface area contributed by atoms with Crippen LogP contribution in [0.5, 0.6) is 0 Å². The molecule has 0 atom stereocenters. The number of anilines is 1. The van der Waals surface area contributed by atoms with Crippen molar-refractivity contribution in [2.75, 3.05) is 11.9 Å². The second kappa shape index (κ2) is 5.28. The number of hydrogen-bond donors (Lipinski definition) is 2. The molecule has 8 heteroatoms. The summed E-state index contributed by atoms with van der Waals surface area (Å²) in [5.74, 6) is 0.313. The summed E-state index contributed by atoms with van der Waals surface area (Å²) < 4.78 is 1.19. The van der Waals surface area contributed by atoms with Gasteiger partial charge in [-0.3, -0.25) is 0 Å². The average Bonchev–Trinajstić information content (AvgIpc) is 2.89. The van der Waals surface area contributed by atoms with Gasteiger partial charge in [-0.05, 0) is 23.8 Å². The molecule has 112 valence electrons. The average molecular weight is 291 g/mol. The van der Waals surface area contributed by atoms with Crippen molar-refractivity contribution in [3.8, 4) is 0 Å². The number of hydrogen-bond acceptors (Lipinski definition) is 6. The number of nitrogens with one attached hydrogen (secondary N) is 1. The lowest BCUT2D eigenvalue weighted by Gasteiger charge is -2.32. The first-order valence-corrected chi connectivity index (χ1v) is 7.03. The van der Waals surface area contributed by atoms with Gasteiger partial charge in [-0.15, -0.1) is 0 Å². The molecule has 21 heavy (non-hydrogen) atoms. The Morgan fingerprint density at radius 2 is 2.14 bits per heavy atom. The first-order valence-electron chi connectivity index (χ1n) is 7.03. The summed E-state index contributed by atoms with van der Waals surface area (Å²) in [7, 11) is 0. The van der Waals surface area contributed by atoms with Crippen LogP contribution in [-0.2, 0) is 0 Å². The number of nitro groups is 1. The highest BCUT2D eigenvalue weighted by atomic mass is 16.6. The van der Waals surface area contributed by atoms with E-state index in [2.05, 4.69) is 15.4 Å². The van der Waals surface area contributed by atoms with E-state index in [1.807, 2.05) is 0 Å². The molecule has 0 unspecified atom stereocenters. The van der Waals surface area contributed by atoms with Gasteiger partial charge in [0, 0.05) is 12.6 Å². The predicted molar refractivity (Wildman–Crippen MR) is 76.2 cm³/mol. The molecule has 2 heterocycles. The van der Waals surface area contributed by atoms with Crippen molar-refractivity contribution in [3.63, 3.8) is 0 Å². The third-order valence-electron chi connectivity index (χ3n) is 3.91. The van der Waals surface area contributed by atoms with Gasteiger partial charge in [-0.25, -0.2) is 4.98 Å². The molecule has 0 aromatic carbocycles. The SMILES string of the molecule is O=[N+]([O-])c1cnc2ccc(NCC3(O)CCCCC3)nn12. The third kappa shape index (κ3) is 2.80. The molecule has 0 saturated heterocycles. The molecule has 0 spiro atoms. The van der Waals surface area contributed by atoms with Gasteiger partial charge in [0.15, 0.2) is 5.82 Å². The first kappa shape index (κ1) is 13.7. The molecular weight excluding hydrogens is 274 g/mol. The number of imidazole rings is 1. The van der Waals surface area contributed by atoms with Crippen LogP contribution in [0.2, 0.25) is 0 Å². The highest BCUT2D eigenvalue weighted by Gasteiger charge is 2.29. The summed E-state index contributed by atoms with van der Waals surface area (Å²) in [5, 5.41) is 28.6. The largest absolute Gasteiger partial charge is 0.388 e.